The molecule has 3 heteroatoms. The molecule has 0 aliphatic carbocycles. The second-order valence-electron chi connectivity index (χ2n) is 6.16. The summed E-state index contributed by atoms with van der Waals surface area (Å²) in [6.45, 7) is 4.83. The van der Waals surface area contributed by atoms with Crippen molar-refractivity contribution in [3.63, 3.8) is 0 Å². The van der Waals surface area contributed by atoms with E-state index in [0.717, 1.165) is 58.2 Å². The second kappa shape index (κ2) is 8.18. The Hall–Kier alpha value is -1.35. The van der Waals surface area contributed by atoms with Crippen molar-refractivity contribution in [3.8, 4) is 0 Å². The molecule has 0 spiro atoms. The summed E-state index contributed by atoms with van der Waals surface area (Å²) in [6.07, 6.45) is 6.23. The van der Waals surface area contributed by atoms with Crippen molar-refractivity contribution >= 4 is 5.91 Å². The van der Waals surface area contributed by atoms with Crippen LogP contribution < -0.4 is 10.6 Å². The van der Waals surface area contributed by atoms with Crippen LogP contribution in [0.15, 0.2) is 30.3 Å². The zero-order valence-corrected chi connectivity index (χ0v) is 13.2. The Labute approximate surface area is 128 Å². The van der Waals surface area contributed by atoms with E-state index in [1.807, 2.05) is 6.07 Å². The Morgan fingerprint density at radius 2 is 2.14 bits per heavy atom. The van der Waals surface area contributed by atoms with Crippen LogP contribution in [0.2, 0.25) is 0 Å². The summed E-state index contributed by atoms with van der Waals surface area (Å²) in [5.41, 5.74) is 1.18. The number of benzene rings is 1. The molecule has 1 aromatic carbocycles. The van der Waals surface area contributed by atoms with Crippen molar-refractivity contribution in [2.24, 2.45) is 5.41 Å². The monoisotopic (exact) mass is 288 g/mol. The van der Waals surface area contributed by atoms with E-state index in [2.05, 4.69) is 41.8 Å². The minimum absolute atomic E-state index is 0.167. The Morgan fingerprint density at radius 3 is 2.81 bits per heavy atom. The summed E-state index contributed by atoms with van der Waals surface area (Å²) in [5, 5.41) is 6.57. The maximum Gasteiger partial charge on any atom is 0.227 e. The molecule has 1 aliphatic rings. The van der Waals surface area contributed by atoms with Crippen LogP contribution in [0.3, 0.4) is 0 Å². The minimum Gasteiger partial charge on any atom is -0.356 e. The van der Waals surface area contributed by atoms with Crippen LogP contribution in [0.1, 0.15) is 44.6 Å². The highest BCUT2D eigenvalue weighted by atomic mass is 16.2. The molecule has 1 unspecified atom stereocenters. The smallest absolute Gasteiger partial charge is 0.227 e. The van der Waals surface area contributed by atoms with E-state index < -0.39 is 0 Å². The van der Waals surface area contributed by atoms with Crippen molar-refractivity contribution in [1.82, 2.24) is 10.6 Å². The highest BCUT2D eigenvalue weighted by Crippen LogP contribution is 2.31. The molecule has 1 aromatic rings. The quantitative estimate of drug-likeness (QED) is 0.758. The Bertz CT molecular complexity index is 419. The van der Waals surface area contributed by atoms with E-state index in [-0.39, 0.29) is 11.3 Å². The summed E-state index contributed by atoms with van der Waals surface area (Å²) in [7, 11) is 0. The summed E-state index contributed by atoms with van der Waals surface area (Å²) in [4.78, 5) is 12.6. The third-order valence-corrected chi connectivity index (χ3v) is 4.45. The number of carbonyl (C=O) groups excluding carboxylic acids is 1. The van der Waals surface area contributed by atoms with Gasteiger partial charge in [-0.1, -0.05) is 43.7 Å². The highest BCUT2D eigenvalue weighted by Gasteiger charge is 2.38. The fourth-order valence-electron chi connectivity index (χ4n) is 3.29. The third-order valence-electron chi connectivity index (χ3n) is 4.45. The molecule has 1 fully saturated rings. The number of aryl methyl sites for hydroxylation is 1. The average molecular weight is 288 g/mol. The fourth-order valence-corrected chi connectivity index (χ4v) is 3.29. The molecule has 0 radical (unpaired) electrons. The van der Waals surface area contributed by atoms with E-state index >= 15 is 0 Å². The second-order valence-corrected chi connectivity index (χ2v) is 6.16. The van der Waals surface area contributed by atoms with E-state index in [1.165, 1.54) is 5.56 Å². The van der Waals surface area contributed by atoms with E-state index in [1.54, 1.807) is 0 Å². The highest BCUT2D eigenvalue weighted by molar-refractivity contribution is 5.83. The SMILES string of the molecule is CCCC1(C(=O)NCCCc2ccccc2)CCCNC1. The third kappa shape index (κ3) is 4.57. The van der Waals surface area contributed by atoms with E-state index in [0.29, 0.717) is 0 Å². The molecule has 0 bridgehead atoms. The number of rotatable bonds is 7. The van der Waals surface area contributed by atoms with Crippen molar-refractivity contribution in [2.45, 2.75) is 45.4 Å². The van der Waals surface area contributed by atoms with Crippen LogP contribution in [0.4, 0.5) is 0 Å². The maximum atomic E-state index is 12.6. The Balaban J connectivity index is 1.77. The van der Waals surface area contributed by atoms with E-state index in [4.69, 9.17) is 0 Å². The normalized spacial score (nSPS) is 22.0. The molecule has 0 saturated carbocycles. The van der Waals surface area contributed by atoms with Gasteiger partial charge in [0.15, 0.2) is 0 Å². The molecule has 3 nitrogen and oxygen atoms in total. The van der Waals surface area contributed by atoms with Gasteiger partial charge < -0.3 is 10.6 Å². The average Bonchev–Trinajstić information content (AvgIpc) is 2.53. The standard InChI is InChI=1S/C18H28N2O/c1-2-11-18(12-7-13-19-15-18)17(21)20-14-6-10-16-8-4-3-5-9-16/h3-5,8-9,19H,2,6-7,10-15H2,1H3,(H,20,21). The van der Waals surface area contributed by atoms with Gasteiger partial charge >= 0.3 is 0 Å². The Morgan fingerprint density at radius 1 is 1.33 bits per heavy atom. The molecule has 1 heterocycles. The molecule has 1 atom stereocenters. The molecule has 21 heavy (non-hydrogen) atoms. The largest absolute Gasteiger partial charge is 0.356 e. The van der Waals surface area contributed by atoms with Crippen molar-refractivity contribution in [3.05, 3.63) is 35.9 Å². The summed E-state index contributed by atoms with van der Waals surface area (Å²) < 4.78 is 0. The molecule has 1 saturated heterocycles. The van der Waals surface area contributed by atoms with Gasteiger partial charge in [-0.3, -0.25) is 4.79 Å². The van der Waals surface area contributed by atoms with Crippen LogP contribution in [0.5, 0.6) is 0 Å². The van der Waals surface area contributed by atoms with Gasteiger partial charge in [0.25, 0.3) is 0 Å². The number of nitrogens with one attached hydrogen (secondary N) is 2. The summed E-state index contributed by atoms with van der Waals surface area (Å²) >= 11 is 0. The van der Waals surface area contributed by atoms with Gasteiger partial charge in [0.2, 0.25) is 5.91 Å². The summed E-state index contributed by atoms with van der Waals surface area (Å²) in [5.74, 6) is 0.254. The lowest BCUT2D eigenvalue weighted by molar-refractivity contribution is -0.132. The van der Waals surface area contributed by atoms with Crippen LogP contribution in [-0.2, 0) is 11.2 Å². The van der Waals surface area contributed by atoms with Crippen LogP contribution >= 0.6 is 0 Å². The van der Waals surface area contributed by atoms with Crippen LogP contribution in [-0.4, -0.2) is 25.5 Å². The number of carbonyl (C=O) groups is 1. The zero-order valence-electron chi connectivity index (χ0n) is 13.2. The molecular weight excluding hydrogens is 260 g/mol. The predicted octanol–water partition coefficient (Wildman–Crippen LogP) is 2.91. The predicted molar refractivity (Wildman–Crippen MR) is 87.2 cm³/mol. The lowest BCUT2D eigenvalue weighted by Gasteiger charge is -2.36. The lowest BCUT2D eigenvalue weighted by atomic mass is 9.76. The molecule has 2 rings (SSSR count). The van der Waals surface area contributed by atoms with Crippen LogP contribution in [0, 0.1) is 5.41 Å². The van der Waals surface area contributed by atoms with Crippen molar-refractivity contribution in [2.75, 3.05) is 19.6 Å². The van der Waals surface area contributed by atoms with E-state index in [9.17, 15) is 4.79 Å². The van der Waals surface area contributed by atoms with Gasteiger partial charge in [-0.2, -0.15) is 0 Å². The van der Waals surface area contributed by atoms with Gasteiger partial charge in [0.1, 0.15) is 0 Å². The number of hydrogen-bond acceptors (Lipinski definition) is 2. The Kier molecular flexibility index (Phi) is 6.24. The van der Waals surface area contributed by atoms with Crippen molar-refractivity contribution < 1.29 is 4.79 Å². The number of piperidine rings is 1. The van der Waals surface area contributed by atoms with Gasteiger partial charge in [-0.25, -0.2) is 0 Å². The molecule has 116 valence electrons. The number of hydrogen-bond donors (Lipinski definition) is 2. The molecule has 0 aromatic heterocycles. The first-order valence-corrected chi connectivity index (χ1v) is 8.30. The van der Waals surface area contributed by atoms with Crippen LogP contribution in [0.25, 0.3) is 0 Å². The van der Waals surface area contributed by atoms with Crippen molar-refractivity contribution in [1.29, 1.82) is 0 Å². The zero-order chi connectivity index (χ0) is 15.0. The first kappa shape index (κ1) is 16.0. The fraction of sp³-hybridized carbons (Fsp3) is 0.611. The molecule has 1 aliphatic heterocycles. The first-order valence-electron chi connectivity index (χ1n) is 8.30. The van der Waals surface area contributed by atoms with Gasteiger partial charge in [0.05, 0.1) is 5.41 Å². The van der Waals surface area contributed by atoms with Gasteiger partial charge in [0, 0.05) is 13.1 Å². The lowest BCUT2D eigenvalue weighted by Crippen LogP contribution is -2.50. The number of amides is 1. The van der Waals surface area contributed by atoms with Gasteiger partial charge in [-0.15, -0.1) is 0 Å². The van der Waals surface area contributed by atoms with Gasteiger partial charge in [-0.05, 0) is 44.2 Å². The molecular formula is C18H28N2O. The molecule has 1 amide bonds. The maximum absolute atomic E-state index is 12.6. The summed E-state index contributed by atoms with van der Waals surface area (Å²) in [6, 6.07) is 10.5. The first-order chi connectivity index (χ1) is 10.3. The molecule has 2 N–H and O–H groups in total. The minimum atomic E-state index is -0.167. The topological polar surface area (TPSA) is 41.1 Å².